The van der Waals surface area contributed by atoms with Crippen molar-refractivity contribution >= 4 is 29.2 Å². The molecule has 8 heteroatoms. The smallest absolute Gasteiger partial charge is 0.193 e. The molecule has 0 bridgehead atoms. The number of aliphatic imine (C=N–C) groups is 1. The van der Waals surface area contributed by atoms with Crippen LogP contribution in [0.1, 0.15) is 23.6 Å². The molecule has 6 nitrogen and oxygen atoms in total. The molecule has 0 spiro atoms. The highest BCUT2D eigenvalue weighted by Gasteiger charge is 2.22. The molecular formula is C18H24Cl2N6. The summed E-state index contributed by atoms with van der Waals surface area (Å²) in [6, 6.07) is 5.70. The Balaban J connectivity index is 1.56. The molecule has 2 heterocycles. The van der Waals surface area contributed by atoms with Crippen molar-refractivity contribution in [1.82, 2.24) is 25.0 Å². The van der Waals surface area contributed by atoms with E-state index in [9.17, 15) is 0 Å². The number of aryl methyl sites for hydroxylation is 2. The summed E-state index contributed by atoms with van der Waals surface area (Å²) in [5.41, 5.74) is 1.09. The van der Waals surface area contributed by atoms with E-state index in [4.69, 9.17) is 23.2 Å². The van der Waals surface area contributed by atoms with Gasteiger partial charge in [0.1, 0.15) is 11.6 Å². The third-order valence-electron chi connectivity index (χ3n) is 4.76. The number of aromatic nitrogens is 3. The zero-order chi connectivity index (χ0) is 18.7. The number of fused-ring (bicyclic) bond motifs is 1. The van der Waals surface area contributed by atoms with Crippen LogP contribution < -0.4 is 5.32 Å². The molecular weight excluding hydrogens is 371 g/mol. The van der Waals surface area contributed by atoms with Gasteiger partial charge in [-0.1, -0.05) is 29.3 Å². The highest BCUT2D eigenvalue weighted by Crippen LogP contribution is 2.23. The van der Waals surface area contributed by atoms with Crippen molar-refractivity contribution in [2.75, 3.05) is 20.6 Å². The molecule has 0 radical (unpaired) electrons. The van der Waals surface area contributed by atoms with Crippen LogP contribution in [0.2, 0.25) is 10.0 Å². The lowest BCUT2D eigenvalue weighted by atomic mass is 9.99. The predicted molar refractivity (Wildman–Crippen MR) is 106 cm³/mol. The van der Waals surface area contributed by atoms with Crippen molar-refractivity contribution in [1.29, 1.82) is 0 Å². The lowest BCUT2D eigenvalue weighted by Gasteiger charge is -2.27. The third kappa shape index (κ3) is 4.30. The molecule has 1 N–H and O–H groups in total. The van der Waals surface area contributed by atoms with E-state index in [0.29, 0.717) is 22.5 Å². The Bertz CT molecular complexity index is 801. The molecule has 1 aromatic heterocycles. The van der Waals surface area contributed by atoms with E-state index < -0.39 is 0 Å². The van der Waals surface area contributed by atoms with Gasteiger partial charge in [0, 0.05) is 40.2 Å². The fraction of sp³-hybridized carbons (Fsp3) is 0.500. The summed E-state index contributed by atoms with van der Waals surface area (Å²) >= 11 is 12.1. The molecule has 3 rings (SSSR count). The van der Waals surface area contributed by atoms with Gasteiger partial charge >= 0.3 is 0 Å². The van der Waals surface area contributed by atoms with Crippen molar-refractivity contribution in [3.05, 3.63) is 45.5 Å². The van der Waals surface area contributed by atoms with E-state index in [1.54, 1.807) is 7.05 Å². The summed E-state index contributed by atoms with van der Waals surface area (Å²) in [5, 5.41) is 13.0. The minimum absolute atomic E-state index is 0.535. The molecule has 0 amide bonds. The maximum Gasteiger partial charge on any atom is 0.193 e. The second kappa shape index (κ2) is 8.27. The van der Waals surface area contributed by atoms with Crippen LogP contribution in [0.25, 0.3) is 0 Å². The normalized spacial score (nSPS) is 17.1. The molecule has 1 aromatic carbocycles. The van der Waals surface area contributed by atoms with E-state index >= 15 is 0 Å². The lowest BCUT2D eigenvalue weighted by molar-refractivity contribution is 0.352. The number of nitrogens with one attached hydrogen (secondary N) is 1. The summed E-state index contributed by atoms with van der Waals surface area (Å²) in [5.74, 6) is 3.49. The first-order chi connectivity index (χ1) is 12.5. The zero-order valence-electron chi connectivity index (χ0n) is 15.3. The summed E-state index contributed by atoms with van der Waals surface area (Å²) < 4.78 is 2.22. The minimum Gasteiger partial charge on any atom is -0.356 e. The molecule has 1 aliphatic rings. The van der Waals surface area contributed by atoms with Gasteiger partial charge in [0.05, 0.1) is 10.0 Å². The average Bonchev–Trinajstić information content (AvgIpc) is 2.99. The van der Waals surface area contributed by atoms with Crippen LogP contribution in [0.15, 0.2) is 23.2 Å². The van der Waals surface area contributed by atoms with E-state index in [1.165, 1.54) is 0 Å². The molecule has 1 atom stereocenters. The first kappa shape index (κ1) is 19.0. The summed E-state index contributed by atoms with van der Waals surface area (Å²) in [4.78, 5) is 6.48. The number of halogens is 2. The average molecular weight is 395 g/mol. The van der Waals surface area contributed by atoms with Gasteiger partial charge in [0.2, 0.25) is 0 Å². The van der Waals surface area contributed by atoms with Crippen LogP contribution in [-0.2, 0) is 19.5 Å². The van der Waals surface area contributed by atoms with E-state index in [-0.39, 0.29) is 0 Å². The molecule has 1 aliphatic heterocycles. The molecule has 140 valence electrons. The van der Waals surface area contributed by atoms with E-state index in [0.717, 1.165) is 49.1 Å². The Morgan fingerprint density at radius 2 is 2.15 bits per heavy atom. The lowest BCUT2D eigenvalue weighted by Crippen LogP contribution is -2.42. The zero-order valence-corrected chi connectivity index (χ0v) is 16.8. The molecule has 2 aromatic rings. The fourth-order valence-electron chi connectivity index (χ4n) is 3.30. The first-order valence-corrected chi connectivity index (χ1v) is 9.48. The number of hydrogen-bond donors (Lipinski definition) is 1. The van der Waals surface area contributed by atoms with Crippen molar-refractivity contribution in [2.24, 2.45) is 10.9 Å². The monoisotopic (exact) mass is 394 g/mol. The molecule has 0 saturated carbocycles. The summed E-state index contributed by atoms with van der Waals surface area (Å²) in [6.07, 6.45) is 2.09. The van der Waals surface area contributed by atoms with Crippen molar-refractivity contribution in [3.8, 4) is 0 Å². The van der Waals surface area contributed by atoms with Gasteiger partial charge < -0.3 is 14.8 Å². The number of hydrogen-bond acceptors (Lipinski definition) is 3. The number of rotatable bonds is 4. The number of nitrogens with zero attached hydrogens (tertiary/aromatic N) is 5. The Morgan fingerprint density at radius 1 is 1.35 bits per heavy atom. The van der Waals surface area contributed by atoms with Crippen molar-refractivity contribution in [2.45, 2.75) is 32.9 Å². The highest BCUT2D eigenvalue weighted by molar-refractivity contribution is 6.42. The van der Waals surface area contributed by atoms with Gasteiger partial charge in [-0.3, -0.25) is 4.99 Å². The Hall–Kier alpha value is -1.79. The van der Waals surface area contributed by atoms with Crippen LogP contribution in [0.3, 0.4) is 0 Å². The van der Waals surface area contributed by atoms with Crippen LogP contribution in [0, 0.1) is 12.8 Å². The Kier molecular flexibility index (Phi) is 6.04. The summed E-state index contributed by atoms with van der Waals surface area (Å²) in [6.45, 7) is 4.54. The van der Waals surface area contributed by atoms with Gasteiger partial charge in [0.15, 0.2) is 5.96 Å². The topological polar surface area (TPSA) is 58.3 Å². The predicted octanol–water partition coefficient (Wildman–Crippen LogP) is 3.16. The second-order valence-corrected chi connectivity index (χ2v) is 7.53. The van der Waals surface area contributed by atoms with Crippen molar-refractivity contribution < 1.29 is 0 Å². The Morgan fingerprint density at radius 3 is 2.88 bits per heavy atom. The van der Waals surface area contributed by atoms with E-state index in [1.807, 2.05) is 32.2 Å². The van der Waals surface area contributed by atoms with E-state index in [2.05, 4.69) is 30.0 Å². The van der Waals surface area contributed by atoms with Crippen LogP contribution in [-0.4, -0.2) is 46.3 Å². The van der Waals surface area contributed by atoms with Gasteiger partial charge in [-0.25, -0.2) is 0 Å². The van der Waals surface area contributed by atoms with Crippen molar-refractivity contribution in [3.63, 3.8) is 0 Å². The van der Waals surface area contributed by atoms with Gasteiger partial charge in [0.25, 0.3) is 0 Å². The Labute approximate surface area is 164 Å². The quantitative estimate of drug-likeness (QED) is 0.638. The fourth-order valence-corrected chi connectivity index (χ4v) is 3.62. The maximum atomic E-state index is 6.11. The summed E-state index contributed by atoms with van der Waals surface area (Å²) in [7, 11) is 3.82. The third-order valence-corrected chi connectivity index (χ3v) is 5.49. The minimum atomic E-state index is 0.535. The van der Waals surface area contributed by atoms with Crippen LogP contribution in [0.5, 0.6) is 0 Å². The SMILES string of the molecule is CN=C(NCC1CCc2nnc(C)n2C1)N(C)Cc1ccc(Cl)c(Cl)c1. The molecule has 0 fully saturated rings. The van der Waals surface area contributed by atoms with Gasteiger partial charge in [-0.2, -0.15) is 0 Å². The largest absolute Gasteiger partial charge is 0.356 e. The second-order valence-electron chi connectivity index (χ2n) is 6.71. The number of benzene rings is 1. The molecule has 26 heavy (non-hydrogen) atoms. The number of guanidine groups is 1. The highest BCUT2D eigenvalue weighted by atomic mass is 35.5. The van der Waals surface area contributed by atoms with Gasteiger partial charge in [-0.15, -0.1) is 10.2 Å². The first-order valence-electron chi connectivity index (χ1n) is 8.72. The van der Waals surface area contributed by atoms with Gasteiger partial charge in [-0.05, 0) is 37.0 Å². The molecule has 1 unspecified atom stereocenters. The molecule has 0 aliphatic carbocycles. The molecule has 0 saturated heterocycles. The van der Waals surface area contributed by atoms with Crippen LogP contribution >= 0.6 is 23.2 Å². The maximum absolute atomic E-state index is 6.11. The standard InChI is InChI=1S/C18H24Cl2N6/c1-12-23-24-17-7-5-14(11-26(12)17)9-22-18(21-2)25(3)10-13-4-6-15(19)16(20)8-13/h4,6,8,14H,5,7,9-11H2,1-3H3,(H,21,22). The van der Waals surface area contributed by atoms with Crippen LogP contribution in [0.4, 0.5) is 0 Å².